The van der Waals surface area contributed by atoms with Crippen molar-refractivity contribution < 1.29 is 4.39 Å². The zero-order valence-corrected chi connectivity index (χ0v) is 9.87. The maximum absolute atomic E-state index is 13.7. The number of pyridine rings is 1. The van der Waals surface area contributed by atoms with Crippen molar-refractivity contribution in [3.63, 3.8) is 0 Å². The van der Waals surface area contributed by atoms with E-state index in [4.69, 9.17) is 0 Å². The lowest BCUT2D eigenvalue weighted by atomic mass is 9.87. The largest absolute Gasteiger partial charge is 0.257 e. The van der Waals surface area contributed by atoms with Gasteiger partial charge < -0.3 is 0 Å². The van der Waals surface area contributed by atoms with Gasteiger partial charge in [0.1, 0.15) is 5.82 Å². The van der Waals surface area contributed by atoms with Crippen LogP contribution < -0.4 is 0 Å². The summed E-state index contributed by atoms with van der Waals surface area (Å²) in [5, 5.41) is 0. The summed E-state index contributed by atoms with van der Waals surface area (Å²) >= 11 is 3.31. The van der Waals surface area contributed by atoms with Crippen molar-refractivity contribution >= 4 is 15.9 Å². The summed E-state index contributed by atoms with van der Waals surface area (Å²) in [7, 11) is 0. The third-order valence-electron chi connectivity index (χ3n) is 1.90. The summed E-state index contributed by atoms with van der Waals surface area (Å²) in [4.78, 5) is 3.93. The van der Waals surface area contributed by atoms with Gasteiger partial charge in [-0.1, -0.05) is 20.8 Å². The predicted octanol–water partition coefficient (Wildman–Crippen LogP) is 3.59. The van der Waals surface area contributed by atoms with Crippen LogP contribution >= 0.6 is 15.9 Å². The van der Waals surface area contributed by atoms with Gasteiger partial charge in [-0.25, -0.2) is 4.39 Å². The number of hydrogen-bond acceptors (Lipinski definition) is 1. The van der Waals surface area contributed by atoms with Crippen LogP contribution in [0.15, 0.2) is 10.7 Å². The summed E-state index contributed by atoms with van der Waals surface area (Å²) in [5.74, 6) is -0.207. The molecule has 0 aliphatic carbocycles. The molecule has 1 nitrogen and oxygen atoms in total. The molecule has 72 valence electrons. The fraction of sp³-hybridized carbons (Fsp3) is 0.500. The second kappa shape index (κ2) is 3.37. The zero-order chi connectivity index (χ0) is 10.2. The molecule has 0 aliphatic heterocycles. The molecule has 0 amide bonds. The summed E-state index contributed by atoms with van der Waals surface area (Å²) in [6.07, 6.45) is 1.65. The van der Waals surface area contributed by atoms with Crippen LogP contribution in [0.5, 0.6) is 0 Å². The van der Waals surface area contributed by atoms with Crippen LogP contribution in [-0.2, 0) is 5.41 Å². The third-order valence-corrected chi connectivity index (χ3v) is 2.50. The van der Waals surface area contributed by atoms with E-state index in [2.05, 4.69) is 20.9 Å². The minimum atomic E-state index is -0.207. The molecule has 1 aromatic rings. The molecule has 0 spiro atoms. The summed E-state index contributed by atoms with van der Waals surface area (Å²) < 4.78 is 14.4. The Balaban J connectivity index is 3.43. The molecule has 1 aromatic heterocycles. The first-order valence-corrected chi connectivity index (χ1v) is 4.94. The molecule has 0 aliphatic rings. The highest BCUT2D eigenvalue weighted by atomic mass is 79.9. The van der Waals surface area contributed by atoms with Gasteiger partial charge in [0.15, 0.2) is 0 Å². The molecule has 0 N–H and O–H groups in total. The van der Waals surface area contributed by atoms with Gasteiger partial charge in [0.2, 0.25) is 0 Å². The highest BCUT2D eigenvalue weighted by Crippen LogP contribution is 2.32. The van der Waals surface area contributed by atoms with Crippen molar-refractivity contribution in [1.82, 2.24) is 4.98 Å². The maximum atomic E-state index is 13.7. The Morgan fingerprint density at radius 3 is 2.31 bits per heavy atom. The quantitative estimate of drug-likeness (QED) is 0.681. The van der Waals surface area contributed by atoms with Gasteiger partial charge in [0.05, 0.1) is 5.69 Å². The molecule has 0 bridgehead atoms. The van der Waals surface area contributed by atoms with E-state index in [9.17, 15) is 4.39 Å². The van der Waals surface area contributed by atoms with E-state index in [0.717, 1.165) is 4.47 Å². The molecule has 0 unspecified atom stereocenters. The first kappa shape index (κ1) is 10.6. The Kier molecular flexibility index (Phi) is 2.76. The van der Waals surface area contributed by atoms with E-state index in [1.54, 1.807) is 13.1 Å². The smallest absolute Gasteiger partial charge is 0.149 e. The van der Waals surface area contributed by atoms with E-state index < -0.39 is 0 Å². The lowest BCUT2D eigenvalue weighted by molar-refractivity contribution is 0.510. The number of aryl methyl sites for hydroxylation is 1. The SMILES string of the molecule is Cc1ncc(Br)c(C(C)(C)C)c1F. The van der Waals surface area contributed by atoms with Crippen molar-refractivity contribution in [2.24, 2.45) is 0 Å². The average molecular weight is 246 g/mol. The Morgan fingerprint density at radius 2 is 1.92 bits per heavy atom. The Bertz CT molecular complexity index is 328. The standard InChI is InChI=1S/C10H13BrFN/c1-6-9(12)8(10(2,3)4)7(11)5-13-6/h5H,1-4H3. The summed E-state index contributed by atoms with van der Waals surface area (Å²) in [6.45, 7) is 7.62. The maximum Gasteiger partial charge on any atom is 0.149 e. The number of hydrogen-bond donors (Lipinski definition) is 0. The molecular formula is C10H13BrFN. The topological polar surface area (TPSA) is 12.9 Å². The number of rotatable bonds is 0. The molecule has 0 radical (unpaired) electrons. The van der Waals surface area contributed by atoms with Gasteiger partial charge in [-0.05, 0) is 28.3 Å². The predicted molar refractivity (Wildman–Crippen MR) is 55.3 cm³/mol. The van der Waals surface area contributed by atoms with E-state index in [1.165, 1.54) is 0 Å². The van der Waals surface area contributed by atoms with Gasteiger partial charge in [0, 0.05) is 16.2 Å². The normalized spacial score (nSPS) is 11.8. The first-order valence-electron chi connectivity index (χ1n) is 4.15. The van der Waals surface area contributed by atoms with Crippen LogP contribution in [-0.4, -0.2) is 4.98 Å². The number of halogens is 2. The summed E-state index contributed by atoms with van der Waals surface area (Å²) in [5.41, 5.74) is 0.949. The van der Waals surface area contributed by atoms with Gasteiger partial charge in [0.25, 0.3) is 0 Å². The van der Waals surface area contributed by atoms with Crippen LogP contribution in [0, 0.1) is 12.7 Å². The molecular weight excluding hydrogens is 233 g/mol. The zero-order valence-electron chi connectivity index (χ0n) is 8.28. The molecule has 0 aromatic carbocycles. The number of aromatic nitrogens is 1. The molecule has 1 heterocycles. The first-order chi connectivity index (χ1) is 5.84. The van der Waals surface area contributed by atoms with Crippen LogP contribution in [0.25, 0.3) is 0 Å². The van der Waals surface area contributed by atoms with E-state index in [1.807, 2.05) is 20.8 Å². The van der Waals surface area contributed by atoms with Gasteiger partial charge >= 0.3 is 0 Å². The van der Waals surface area contributed by atoms with Crippen molar-refractivity contribution in [2.45, 2.75) is 33.1 Å². The molecule has 1 rings (SSSR count). The van der Waals surface area contributed by atoms with Crippen LogP contribution in [0.3, 0.4) is 0 Å². The van der Waals surface area contributed by atoms with E-state index in [-0.39, 0.29) is 11.2 Å². The minimum Gasteiger partial charge on any atom is -0.257 e. The van der Waals surface area contributed by atoms with Crippen LogP contribution in [0.4, 0.5) is 4.39 Å². The van der Waals surface area contributed by atoms with Gasteiger partial charge in [-0.2, -0.15) is 0 Å². The molecule has 0 atom stereocenters. The number of nitrogens with zero attached hydrogens (tertiary/aromatic N) is 1. The Morgan fingerprint density at radius 1 is 1.38 bits per heavy atom. The fourth-order valence-electron chi connectivity index (χ4n) is 1.25. The van der Waals surface area contributed by atoms with Gasteiger partial charge in [-0.3, -0.25) is 4.98 Å². The molecule has 0 saturated carbocycles. The van der Waals surface area contributed by atoms with Crippen LogP contribution in [0.2, 0.25) is 0 Å². The van der Waals surface area contributed by atoms with Crippen LogP contribution in [0.1, 0.15) is 32.0 Å². The van der Waals surface area contributed by atoms with E-state index >= 15 is 0 Å². The third kappa shape index (κ3) is 2.08. The van der Waals surface area contributed by atoms with Crippen molar-refractivity contribution in [2.75, 3.05) is 0 Å². The van der Waals surface area contributed by atoms with Gasteiger partial charge in [-0.15, -0.1) is 0 Å². The lowest BCUT2D eigenvalue weighted by Gasteiger charge is -2.21. The lowest BCUT2D eigenvalue weighted by Crippen LogP contribution is -2.16. The molecule has 3 heteroatoms. The minimum absolute atomic E-state index is 0.198. The highest BCUT2D eigenvalue weighted by Gasteiger charge is 2.23. The average Bonchev–Trinajstić information content (AvgIpc) is 1.95. The Labute approximate surface area is 86.5 Å². The second-order valence-electron chi connectivity index (χ2n) is 4.13. The van der Waals surface area contributed by atoms with Crippen molar-refractivity contribution in [1.29, 1.82) is 0 Å². The Hall–Kier alpha value is -0.440. The van der Waals surface area contributed by atoms with Crippen molar-refractivity contribution in [3.8, 4) is 0 Å². The fourth-order valence-corrected chi connectivity index (χ4v) is 2.12. The van der Waals surface area contributed by atoms with Crippen molar-refractivity contribution in [3.05, 3.63) is 27.7 Å². The molecule has 13 heavy (non-hydrogen) atoms. The monoisotopic (exact) mass is 245 g/mol. The molecule has 0 fully saturated rings. The summed E-state index contributed by atoms with van der Waals surface area (Å²) in [6, 6.07) is 0. The van der Waals surface area contributed by atoms with E-state index in [0.29, 0.717) is 11.3 Å². The molecule has 0 saturated heterocycles. The second-order valence-corrected chi connectivity index (χ2v) is 4.98. The highest BCUT2D eigenvalue weighted by molar-refractivity contribution is 9.10.